The molecule has 0 bridgehead atoms. The van der Waals surface area contributed by atoms with Crippen molar-refractivity contribution in [1.82, 2.24) is 0 Å². The number of hydrogen-bond acceptors (Lipinski definition) is 1. The summed E-state index contributed by atoms with van der Waals surface area (Å²) in [6.45, 7) is 9.51. The number of aliphatic hydroxyl groups excluding tert-OH is 1. The van der Waals surface area contributed by atoms with Crippen LogP contribution in [0.2, 0.25) is 0 Å². The third-order valence-corrected chi connectivity index (χ3v) is 3.89. The Labute approximate surface area is 99.9 Å². The molecule has 0 amide bonds. The fraction of sp³-hybridized carbons (Fsp3) is 0.714. The van der Waals surface area contributed by atoms with Gasteiger partial charge in [0, 0.05) is 6.42 Å². The standard InChI is InChI=1S/C14H26NO/c1-11(2)13-7-6-12(3)14(10-13)15(4,5)8-9-16/h13,16H,1,6-10H2,2-5H3/q+1/t13-/m1/s1. The number of allylic oxidation sites excluding steroid dienone is 3. The average Bonchev–Trinajstić information content (AvgIpc) is 2.17. The van der Waals surface area contributed by atoms with Gasteiger partial charge in [-0.3, -0.25) is 4.48 Å². The molecule has 0 spiro atoms. The average molecular weight is 224 g/mol. The molecule has 0 fully saturated rings. The summed E-state index contributed by atoms with van der Waals surface area (Å²) >= 11 is 0. The van der Waals surface area contributed by atoms with Crippen molar-refractivity contribution < 1.29 is 9.59 Å². The van der Waals surface area contributed by atoms with Crippen LogP contribution in [0, 0.1) is 5.92 Å². The smallest absolute Gasteiger partial charge is 0.108 e. The molecule has 1 rings (SSSR count). The molecule has 1 N–H and O–H groups in total. The topological polar surface area (TPSA) is 20.2 Å². The van der Waals surface area contributed by atoms with Crippen LogP contribution in [0.4, 0.5) is 0 Å². The molecule has 0 aromatic carbocycles. The molecule has 0 saturated heterocycles. The van der Waals surface area contributed by atoms with Crippen molar-refractivity contribution in [3.05, 3.63) is 23.4 Å². The normalized spacial score (nSPS) is 22.4. The summed E-state index contributed by atoms with van der Waals surface area (Å²) in [6, 6.07) is 0. The van der Waals surface area contributed by atoms with Gasteiger partial charge in [-0.05, 0) is 38.2 Å². The number of aliphatic hydroxyl groups is 1. The second-order valence-corrected chi connectivity index (χ2v) is 5.65. The Bertz CT molecular complexity index is 302. The minimum atomic E-state index is 0.252. The van der Waals surface area contributed by atoms with Crippen LogP contribution in [0.3, 0.4) is 0 Å². The molecule has 0 aliphatic heterocycles. The predicted octanol–water partition coefficient (Wildman–Crippen LogP) is 2.71. The second-order valence-electron chi connectivity index (χ2n) is 5.65. The highest BCUT2D eigenvalue weighted by Crippen LogP contribution is 2.36. The zero-order chi connectivity index (χ0) is 12.3. The Morgan fingerprint density at radius 2 is 2.12 bits per heavy atom. The summed E-state index contributed by atoms with van der Waals surface area (Å²) in [5.41, 5.74) is 4.30. The SMILES string of the molecule is C=C(C)[C@@H]1CCC(C)=C([N+](C)(C)CCO)C1. The maximum atomic E-state index is 9.14. The Kier molecular flexibility index (Phi) is 4.34. The van der Waals surface area contributed by atoms with Gasteiger partial charge < -0.3 is 5.11 Å². The van der Waals surface area contributed by atoms with Crippen molar-refractivity contribution in [3.63, 3.8) is 0 Å². The Morgan fingerprint density at radius 1 is 1.50 bits per heavy atom. The molecule has 1 aliphatic carbocycles. The summed E-state index contributed by atoms with van der Waals surface area (Å²) in [6.07, 6.45) is 3.54. The van der Waals surface area contributed by atoms with E-state index in [9.17, 15) is 0 Å². The zero-order valence-electron chi connectivity index (χ0n) is 11.2. The van der Waals surface area contributed by atoms with Crippen LogP contribution in [0.1, 0.15) is 33.1 Å². The molecule has 0 aromatic rings. The number of likely N-dealkylation sites (N-methyl/N-ethyl adjacent to an activating group) is 1. The highest BCUT2D eigenvalue weighted by Gasteiger charge is 2.30. The Balaban J connectivity index is 2.88. The lowest BCUT2D eigenvalue weighted by molar-refractivity contribution is -0.855. The minimum Gasteiger partial charge on any atom is -0.390 e. The van der Waals surface area contributed by atoms with Crippen LogP contribution >= 0.6 is 0 Å². The van der Waals surface area contributed by atoms with Gasteiger partial charge in [-0.25, -0.2) is 0 Å². The van der Waals surface area contributed by atoms with Gasteiger partial charge in [0.25, 0.3) is 0 Å². The summed E-state index contributed by atoms with van der Waals surface area (Å²) in [5.74, 6) is 0.634. The largest absolute Gasteiger partial charge is 0.390 e. The van der Waals surface area contributed by atoms with Crippen LogP contribution in [0.5, 0.6) is 0 Å². The molecule has 0 aromatic heterocycles. The maximum absolute atomic E-state index is 9.14. The van der Waals surface area contributed by atoms with E-state index in [2.05, 4.69) is 34.5 Å². The third-order valence-electron chi connectivity index (χ3n) is 3.89. The van der Waals surface area contributed by atoms with Crippen LogP contribution in [0.25, 0.3) is 0 Å². The fourth-order valence-corrected chi connectivity index (χ4v) is 2.61. The first-order valence-electron chi connectivity index (χ1n) is 6.17. The number of rotatable bonds is 4. The zero-order valence-corrected chi connectivity index (χ0v) is 11.2. The molecule has 2 nitrogen and oxygen atoms in total. The van der Waals surface area contributed by atoms with Crippen molar-refractivity contribution in [2.45, 2.75) is 33.1 Å². The molecule has 0 unspecified atom stereocenters. The molecular formula is C14H26NO+. The lowest BCUT2D eigenvalue weighted by Crippen LogP contribution is -2.43. The van der Waals surface area contributed by atoms with E-state index in [0.717, 1.165) is 17.4 Å². The van der Waals surface area contributed by atoms with Crippen molar-refractivity contribution in [2.75, 3.05) is 27.2 Å². The van der Waals surface area contributed by atoms with Crippen LogP contribution in [-0.4, -0.2) is 36.8 Å². The van der Waals surface area contributed by atoms with E-state index >= 15 is 0 Å². The van der Waals surface area contributed by atoms with E-state index in [1.54, 1.807) is 0 Å². The molecule has 92 valence electrons. The minimum absolute atomic E-state index is 0.252. The van der Waals surface area contributed by atoms with E-state index in [0.29, 0.717) is 5.92 Å². The third kappa shape index (κ3) is 2.96. The van der Waals surface area contributed by atoms with Crippen LogP contribution in [-0.2, 0) is 0 Å². The molecule has 0 heterocycles. The highest BCUT2D eigenvalue weighted by molar-refractivity contribution is 5.15. The molecule has 1 aliphatic rings. The number of hydrogen-bond donors (Lipinski definition) is 1. The lowest BCUT2D eigenvalue weighted by Gasteiger charge is -2.37. The van der Waals surface area contributed by atoms with E-state index < -0.39 is 0 Å². The summed E-state index contributed by atoms with van der Waals surface area (Å²) in [4.78, 5) is 0. The van der Waals surface area contributed by atoms with Crippen LogP contribution in [0.15, 0.2) is 23.4 Å². The monoisotopic (exact) mass is 224 g/mol. The van der Waals surface area contributed by atoms with Gasteiger partial charge >= 0.3 is 0 Å². The molecule has 0 saturated carbocycles. The van der Waals surface area contributed by atoms with Gasteiger partial charge in [0.2, 0.25) is 0 Å². The molecule has 2 heteroatoms. The Hall–Kier alpha value is -0.600. The first kappa shape index (κ1) is 13.5. The van der Waals surface area contributed by atoms with E-state index in [4.69, 9.17) is 5.11 Å². The predicted molar refractivity (Wildman–Crippen MR) is 68.9 cm³/mol. The van der Waals surface area contributed by atoms with E-state index in [-0.39, 0.29) is 6.61 Å². The van der Waals surface area contributed by atoms with Crippen molar-refractivity contribution in [1.29, 1.82) is 0 Å². The van der Waals surface area contributed by atoms with Gasteiger partial charge in [-0.1, -0.05) is 12.2 Å². The molecule has 16 heavy (non-hydrogen) atoms. The van der Waals surface area contributed by atoms with Crippen molar-refractivity contribution >= 4 is 0 Å². The number of quaternary nitrogens is 1. The first-order valence-corrected chi connectivity index (χ1v) is 6.17. The van der Waals surface area contributed by atoms with E-state index in [1.165, 1.54) is 29.7 Å². The molecule has 0 radical (unpaired) electrons. The summed E-state index contributed by atoms with van der Waals surface area (Å²) in [7, 11) is 4.38. The lowest BCUT2D eigenvalue weighted by atomic mass is 9.83. The Morgan fingerprint density at radius 3 is 2.62 bits per heavy atom. The highest BCUT2D eigenvalue weighted by atomic mass is 16.3. The van der Waals surface area contributed by atoms with E-state index in [1.807, 2.05) is 0 Å². The quantitative estimate of drug-likeness (QED) is 0.575. The van der Waals surface area contributed by atoms with Gasteiger partial charge in [-0.2, -0.15) is 0 Å². The summed E-state index contributed by atoms with van der Waals surface area (Å²) in [5, 5.41) is 9.14. The van der Waals surface area contributed by atoms with Gasteiger partial charge in [0.1, 0.15) is 12.2 Å². The van der Waals surface area contributed by atoms with Gasteiger partial charge in [0.05, 0.1) is 20.7 Å². The molecular weight excluding hydrogens is 198 g/mol. The van der Waals surface area contributed by atoms with Crippen molar-refractivity contribution in [2.24, 2.45) is 5.92 Å². The summed E-state index contributed by atoms with van der Waals surface area (Å²) < 4.78 is 0.826. The number of nitrogens with zero attached hydrogens (tertiary/aromatic N) is 1. The van der Waals surface area contributed by atoms with Crippen LogP contribution < -0.4 is 0 Å². The second kappa shape index (κ2) is 5.15. The first-order chi connectivity index (χ1) is 7.38. The van der Waals surface area contributed by atoms with Gasteiger partial charge in [-0.15, -0.1) is 0 Å². The molecule has 1 atom stereocenters. The maximum Gasteiger partial charge on any atom is 0.108 e. The van der Waals surface area contributed by atoms with Gasteiger partial charge in [0.15, 0.2) is 0 Å². The fourth-order valence-electron chi connectivity index (χ4n) is 2.61. The van der Waals surface area contributed by atoms with Crippen molar-refractivity contribution in [3.8, 4) is 0 Å².